The zero-order valence-electron chi connectivity index (χ0n) is 18.4. The number of aromatic nitrogens is 2. The van der Waals surface area contributed by atoms with Gasteiger partial charge in [0.1, 0.15) is 23.9 Å². The van der Waals surface area contributed by atoms with Crippen LogP contribution >= 0.6 is 0 Å². The quantitative estimate of drug-likeness (QED) is 0.554. The summed E-state index contributed by atoms with van der Waals surface area (Å²) in [5, 5.41) is 4.29. The highest BCUT2D eigenvalue weighted by Crippen LogP contribution is 2.12. The van der Waals surface area contributed by atoms with Crippen molar-refractivity contribution in [2.45, 2.75) is 19.5 Å². The number of halogens is 1. The van der Waals surface area contributed by atoms with E-state index >= 15 is 0 Å². The summed E-state index contributed by atoms with van der Waals surface area (Å²) in [5.41, 5.74) is 1.02. The van der Waals surface area contributed by atoms with E-state index in [1.54, 1.807) is 17.0 Å². The highest BCUT2D eigenvalue weighted by atomic mass is 19.1. The molecule has 1 saturated heterocycles. The zero-order chi connectivity index (χ0) is 23.0. The molecule has 1 aromatic heterocycles. The van der Waals surface area contributed by atoms with Crippen molar-refractivity contribution < 1.29 is 13.9 Å². The van der Waals surface area contributed by atoms with Crippen LogP contribution in [0.15, 0.2) is 71.5 Å². The van der Waals surface area contributed by atoms with Gasteiger partial charge in [0.25, 0.3) is 11.5 Å². The molecule has 3 aromatic rings. The molecule has 0 N–H and O–H groups in total. The molecule has 1 aliphatic heterocycles. The van der Waals surface area contributed by atoms with E-state index in [9.17, 15) is 14.0 Å². The molecule has 172 valence electrons. The number of hydrogen-bond acceptors (Lipinski definition) is 5. The van der Waals surface area contributed by atoms with Crippen molar-refractivity contribution in [3.8, 4) is 5.75 Å². The molecular weight excluding hydrogens is 423 g/mol. The van der Waals surface area contributed by atoms with Crippen LogP contribution in [0.25, 0.3) is 0 Å². The first-order valence-electron chi connectivity index (χ1n) is 11.1. The predicted molar refractivity (Wildman–Crippen MR) is 123 cm³/mol. The van der Waals surface area contributed by atoms with Crippen LogP contribution in [0.1, 0.15) is 22.5 Å². The van der Waals surface area contributed by atoms with Crippen LogP contribution in [-0.2, 0) is 13.1 Å². The van der Waals surface area contributed by atoms with Gasteiger partial charge in [-0.3, -0.25) is 14.5 Å². The lowest BCUT2D eigenvalue weighted by molar-refractivity contribution is 0.0752. The predicted octanol–water partition coefficient (Wildman–Crippen LogP) is 2.81. The van der Waals surface area contributed by atoms with Crippen molar-refractivity contribution in [3.63, 3.8) is 0 Å². The third-order valence-corrected chi connectivity index (χ3v) is 5.60. The van der Waals surface area contributed by atoms with Gasteiger partial charge in [-0.25, -0.2) is 9.07 Å². The van der Waals surface area contributed by atoms with Gasteiger partial charge in [-0.2, -0.15) is 5.10 Å². The zero-order valence-corrected chi connectivity index (χ0v) is 18.4. The Bertz CT molecular complexity index is 1120. The van der Waals surface area contributed by atoms with Crippen LogP contribution in [0.2, 0.25) is 0 Å². The summed E-state index contributed by atoms with van der Waals surface area (Å²) in [6.07, 6.45) is 0.831. The molecule has 2 aromatic carbocycles. The number of benzene rings is 2. The minimum Gasteiger partial charge on any atom is -0.492 e. The monoisotopic (exact) mass is 450 g/mol. The molecule has 2 heterocycles. The Hall–Kier alpha value is -3.52. The van der Waals surface area contributed by atoms with Crippen LogP contribution < -0.4 is 10.3 Å². The highest BCUT2D eigenvalue weighted by Gasteiger charge is 2.22. The van der Waals surface area contributed by atoms with E-state index in [0.29, 0.717) is 31.9 Å². The summed E-state index contributed by atoms with van der Waals surface area (Å²) in [6, 6.07) is 18.7. The summed E-state index contributed by atoms with van der Waals surface area (Å²) in [5.74, 6) is 0.288. The number of rotatable bonds is 7. The lowest BCUT2D eigenvalue weighted by atomic mass is 10.2. The Morgan fingerprint density at radius 2 is 1.73 bits per heavy atom. The average Bonchev–Trinajstić information content (AvgIpc) is 3.07. The molecule has 0 saturated carbocycles. The molecule has 0 unspecified atom stereocenters. The second-order valence-electron chi connectivity index (χ2n) is 7.99. The molecule has 0 radical (unpaired) electrons. The number of hydrogen-bond donors (Lipinski definition) is 0. The molecule has 1 fully saturated rings. The highest BCUT2D eigenvalue weighted by molar-refractivity contribution is 5.92. The molecule has 0 aliphatic carbocycles. The Morgan fingerprint density at radius 3 is 2.52 bits per heavy atom. The smallest absolute Gasteiger partial charge is 0.274 e. The van der Waals surface area contributed by atoms with E-state index in [1.165, 1.54) is 28.9 Å². The molecule has 33 heavy (non-hydrogen) atoms. The maximum atomic E-state index is 13.1. The summed E-state index contributed by atoms with van der Waals surface area (Å²) >= 11 is 0. The molecule has 0 atom stereocenters. The largest absolute Gasteiger partial charge is 0.492 e. The van der Waals surface area contributed by atoms with Crippen molar-refractivity contribution in [2.75, 3.05) is 32.8 Å². The number of nitrogens with zero attached hydrogens (tertiary/aromatic N) is 4. The summed E-state index contributed by atoms with van der Waals surface area (Å²) < 4.78 is 20.1. The average molecular weight is 451 g/mol. The fourth-order valence-electron chi connectivity index (χ4n) is 3.83. The van der Waals surface area contributed by atoms with Gasteiger partial charge in [0.15, 0.2) is 0 Å². The summed E-state index contributed by atoms with van der Waals surface area (Å²) in [7, 11) is 0. The fourth-order valence-corrected chi connectivity index (χ4v) is 3.83. The first-order valence-corrected chi connectivity index (χ1v) is 11.1. The standard InChI is InChI=1S/C25H27FN4O3/c26-21-9-7-20(8-10-21)19-28-13-4-14-29(16-15-28)25(32)23-11-12-24(31)30(27-23)17-18-33-22-5-2-1-3-6-22/h1-3,5-12H,4,13-19H2. The maximum Gasteiger partial charge on any atom is 0.274 e. The van der Waals surface area contributed by atoms with Gasteiger partial charge >= 0.3 is 0 Å². The van der Waals surface area contributed by atoms with Crippen LogP contribution in [0.5, 0.6) is 5.75 Å². The van der Waals surface area contributed by atoms with Gasteiger partial charge in [-0.1, -0.05) is 30.3 Å². The molecule has 8 heteroatoms. The first-order chi connectivity index (χ1) is 16.1. The number of carbonyl (C=O) groups excluding carboxylic acids is 1. The minimum absolute atomic E-state index is 0.184. The topological polar surface area (TPSA) is 67.7 Å². The van der Waals surface area contributed by atoms with Gasteiger partial charge in [0.2, 0.25) is 0 Å². The first kappa shape index (κ1) is 22.7. The van der Waals surface area contributed by atoms with E-state index in [-0.39, 0.29) is 36.1 Å². The van der Waals surface area contributed by atoms with Gasteiger partial charge in [-0.05, 0) is 42.3 Å². The van der Waals surface area contributed by atoms with Crippen LogP contribution in [0, 0.1) is 5.82 Å². The third kappa shape index (κ3) is 6.26. The van der Waals surface area contributed by atoms with Crippen molar-refractivity contribution in [1.82, 2.24) is 19.6 Å². The second-order valence-corrected chi connectivity index (χ2v) is 7.99. The van der Waals surface area contributed by atoms with Crippen LogP contribution in [-0.4, -0.2) is 58.3 Å². The Balaban J connectivity index is 1.34. The van der Waals surface area contributed by atoms with Gasteiger partial charge in [-0.15, -0.1) is 0 Å². The van der Waals surface area contributed by atoms with Crippen LogP contribution in [0.3, 0.4) is 0 Å². The van der Waals surface area contributed by atoms with E-state index < -0.39 is 0 Å². The lowest BCUT2D eigenvalue weighted by Crippen LogP contribution is -2.37. The molecule has 0 bridgehead atoms. The molecule has 0 spiro atoms. The molecule has 7 nitrogen and oxygen atoms in total. The van der Waals surface area contributed by atoms with Gasteiger partial charge in [0.05, 0.1) is 6.54 Å². The lowest BCUT2D eigenvalue weighted by Gasteiger charge is -2.22. The molecule has 4 rings (SSSR count). The van der Waals surface area contributed by atoms with Crippen molar-refractivity contribution in [1.29, 1.82) is 0 Å². The van der Waals surface area contributed by atoms with E-state index in [0.717, 1.165) is 18.5 Å². The van der Waals surface area contributed by atoms with Gasteiger partial charge in [0, 0.05) is 38.8 Å². The molecule has 1 aliphatic rings. The summed E-state index contributed by atoms with van der Waals surface area (Å²) in [4.78, 5) is 29.3. The van der Waals surface area contributed by atoms with Gasteiger partial charge < -0.3 is 9.64 Å². The van der Waals surface area contributed by atoms with E-state index in [4.69, 9.17) is 4.74 Å². The van der Waals surface area contributed by atoms with E-state index in [2.05, 4.69) is 10.00 Å². The van der Waals surface area contributed by atoms with E-state index in [1.807, 2.05) is 30.3 Å². The van der Waals surface area contributed by atoms with Crippen molar-refractivity contribution in [2.24, 2.45) is 0 Å². The Labute approximate surface area is 192 Å². The maximum absolute atomic E-state index is 13.1. The molecular formula is C25H27FN4O3. The number of amides is 1. The van der Waals surface area contributed by atoms with Crippen molar-refractivity contribution in [3.05, 3.63) is 94.2 Å². The number of carbonyl (C=O) groups is 1. The van der Waals surface area contributed by atoms with Crippen LogP contribution in [0.4, 0.5) is 4.39 Å². The fraction of sp³-hybridized carbons (Fsp3) is 0.320. The molecule has 1 amide bonds. The normalized spacial score (nSPS) is 14.6. The number of para-hydroxylation sites is 1. The third-order valence-electron chi connectivity index (χ3n) is 5.60. The Kier molecular flexibility index (Phi) is 7.47. The SMILES string of the molecule is O=C(c1ccc(=O)n(CCOc2ccccc2)n1)N1CCCN(Cc2ccc(F)cc2)CC1. The second kappa shape index (κ2) is 10.9. The summed E-state index contributed by atoms with van der Waals surface area (Å²) in [6.45, 7) is 4.00. The minimum atomic E-state index is -0.274. The number of ether oxygens (including phenoxy) is 1. The Morgan fingerprint density at radius 1 is 0.939 bits per heavy atom. The van der Waals surface area contributed by atoms with Crippen molar-refractivity contribution >= 4 is 5.91 Å².